The summed E-state index contributed by atoms with van der Waals surface area (Å²) in [5.41, 5.74) is 1.78. The average molecular weight is 502 g/mol. The van der Waals surface area contributed by atoms with Crippen molar-refractivity contribution in [3.05, 3.63) is 29.3 Å². The number of guanidine groups is 1. The number of amides is 1. The van der Waals surface area contributed by atoms with Crippen molar-refractivity contribution in [3.63, 3.8) is 0 Å². The Morgan fingerprint density at radius 1 is 1.25 bits per heavy atom. The molecule has 1 aliphatic rings. The highest BCUT2D eigenvalue weighted by Crippen LogP contribution is 2.30. The number of nitrogens with zero attached hydrogens (tertiary/aromatic N) is 1. The molecule has 0 aliphatic heterocycles. The van der Waals surface area contributed by atoms with Gasteiger partial charge >= 0.3 is 0 Å². The Morgan fingerprint density at radius 3 is 2.57 bits per heavy atom. The lowest BCUT2D eigenvalue weighted by Gasteiger charge is -2.25. The molecule has 1 fully saturated rings. The summed E-state index contributed by atoms with van der Waals surface area (Å²) >= 11 is 0. The van der Waals surface area contributed by atoms with Gasteiger partial charge in [-0.15, -0.1) is 24.0 Å². The van der Waals surface area contributed by atoms with Crippen molar-refractivity contribution in [2.45, 2.75) is 47.1 Å². The number of aryl methyl sites for hydroxylation is 1. The number of ether oxygens (including phenoxy) is 1. The van der Waals surface area contributed by atoms with Gasteiger partial charge in [0.2, 0.25) is 5.91 Å². The Morgan fingerprint density at radius 2 is 1.96 bits per heavy atom. The van der Waals surface area contributed by atoms with Crippen molar-refractivity contribution in [1.82, 2.24) is 16.0 Å². The van der Waals surface area contributed by atoms with Crippen LogP contribution in [0.1, 0.15) is 44.7 Å². The molecule has 1 aromatic rings. The van der Waals surface area contributed by atoms with E-state index in [1.54, 1.807) is 7.05 Å². The zero-order valence-corrected chi connectivity index (χ0v) is 20.1. The highest BCUT2D eigenvalue weighted by atomic mass is 127. The Hall–Kier alpha value is -1.51. The molecule has 0 heterocycles. The largest absolute Gasteiger partial charge is 0.493 e. The Balaban J connectivity index is 0.00000392. The number of halogens is 1. The molecule has 0 unspecified atom stereocenters. The van der Waals surface area contributed by atoms with Gasteiger partial charge in [0.25, 0.3) is 0 Å². The number of benzene rings is 1. The normalized spacial score (nSPS) is 14.1. The third-order valence-electron chi connectivity index (χ3n) is 4.71. The Kier molecular flexibility index (Phi) is 10.1. The van der Waals surface area contributed by atoms with Gasteiger partial charge in [-0.3, -0.25) is 9.79 Å². The van der Waals surface area contributed by atoms with Crippen molar-refractivity contribution in [2.75, 3.05) is 26.7 Å². The van der Waals surface area contributed by atoms with E-state index in [0.717, 1.165) is 23.8 Å². The van der Waals surface area contributed by atoms with Crippen molar-refractivity contribution in [3.8, 4) is 5.75 Å². The third kappa shape index (κ3) is 7.85. The van der Waals surface area contributed by atoms with Crippen LogP contribution in [0, 0.1) is 18.3 Å². The second kappa shape index (κ2) is 11.5. The predicted octanol–water partition coefficient (Wildman–Crippen LogP) is 3.23. The van der Waals surface area contributed by atoms with Crippen LogP contribution in [0.5, 0.6) is 5.75 Å². The minimum atomic E-state index is -0.518. The third-order valence-corrected chi connectivity index (χ3v) is 4.71. The molecule has 1 amide bonds. The lowest BCUT2D eigenvalue weighted by molar-refractivity contribution is -0.128. The first-order chi connectivity index (χ1) is 12.9. The van der Waals surface area contributed by atoms with E-state index >= 15 is 0 Å². The smallest absolute Gasteiger partial charge is 0.227 e. The highest BCUT2D eigenvalue weighted by Gasteiger charge is 2.27. The fourth-order valence-electron chi connectivity index (χ4n) is 2.62. The summed E-state index contributed by atoms with van der Waals surface area (Å²) < 4.78 is 6.03. The lowest BCUT2D eigenvalue weighted by Crippen LogP contribution is -2.47. The minimum Gasteiger partial charge on any atom is -0.493 e. The number of carbonyl (C=O) groups is 1. The van der Waals surface area contributed by atoms with E-state index in [2.05, 4.69) is 46.1 Å². The number of nitrogens with one attached hydrogen (secondary N) is 3. The molecule has 1 saturated carbocycles. The molecule has 0 bridgehead atoms. The van der Waals surface area contributed by atoms with Gasteiger partial charge in [-0.05, 0) is 58.1 Å². The van der Waals surface area contributed by atoms with E-state index in [9.17, 15) is 4.79 Å². The lowest BCUT2D eigenvalue weighted by atomic mass is 9.92. The van der Waals surface area contributed by atoms with E-state index in [1.165, 1.54) is 18.4 Å². The molecule has 0 atom stereocenters. The van der Waals surface area contributed by atoms with Gasteiger partial charge in [0.05, 0.1) is 12.0 Å². The van der Waals surface area contributed by atoms with Crippen LogP contribution in [0.25, 0.3) is 0 Å². The van der Waals surface area contributed by atoms with Gasteiger partial charge < -0.3 is 20.7 Å². The van der Waals surface area contributed by atoms with Crippen LogP contribution in [-0.2, 0) is 11.3 Å². The molecular formula is C21H35IN4O2. The van der Waals surface area contributed by atoms with Gasteiger partial charge in [-0.1, -0.05) is 12.1 Å². The summed E-state index contributed by atoms with van der Waals surface area (Å²) in [5.74, 6) is 2.35. The zero-order valence-electron chi connectivity index (χ0n) is 17.7. The van der Waals surface area contributed by atoms with Crippen LogP contribution in [-0.4, -0.2) is 38.6 Å². The molecular weight excluding hydrogens is 467 g/mol. The van der Waals surface area contributed by atoms with Crippen molar-refractivity contribution in [1.29, 1.82) is 0 Å². The van der Waals surface area contributed by atoms with E-state index in [-0.39, 0.29) is 29.9 Å². The molecule has 0 aromatic heterocycles. The maximum atomic E-state index is 12.1. The second-order valence-electron chi connectivity index (χ2n) is 7.89. The maximum Gasteiger partial charge on any atom is 0.227 e. The first-order valence-electron chi connectivity index (χ1n) is 9.81. The Labute approximate surface area is 186 Å². The van der Waals surface area contributed by atoms with Gasteiger partial charge in [0.1, 0.15) is 5.75 Å². The summed E-state index contributed by atoms with van der Waals surface area (Å²) in [4.78, 5) is 16.4. The molecule has 158 valence electrons. The predicted molar refractivity (Wildman–Crippen MR) is 125 cm³/mol. The van der Waals surface area contributed by atoms with E-state index in [1.807, 2.05) is 20.8 Å². The second-order valence-corrected chi connectivity index (χ2v) is 7.89. The molecule has 6 nitrogen and oxygen atoms in total. The quantitative estimate of drug-likeness (QED) is 0.276. The molecule has 28 heavy (non-hydrogen) atoms. The number of hydrogen-bond acceptors (Lipinski definition) is 3. The SMILES string of the molecule is CCNC(=O)C(C)(C)CNC(=NC)NCc1ccc(C)cc1OCC1CC1.I. The van der Waals surface area contributed by atoms with Crippen LogP contribution in [0.3, 0.4) is 0 Å². The summed E-state index contributed by atoms with van der Waals surface area (Å²) in [5, 5.41) is 9.44. The van der Waals surface area contributed by atoms with E-state index in [4.69, 9.17) is 4.74 Å². The summed E-state index contributed by atoms with van der Waals surface area (Å²) in [6, 6.07) is 6.28. The molecule has 1 aromatic carbocycles. The summed E-state index contributed by atoms with van der Waals surface area (Å²) in [7, 11) is 1.73. The van der Waals surface area contributed by atoms with Crippen LogP contribution in [0.4, 0.5) is 0 Å². The highest BCUT2D eigenvalue weighted by molar-refractivity contribution is 14.0. The Bertz CT molecular complexity index is 672. The molecule has 3 N–H and O–H groups in total. The van der Waals surface area contributed by atoms with Crippen LogP contribution >= 0.6 is 24.0 Å². The van der Waals surface area contributed by atoms with Crippen molar-refractivity contribution >= 4 is 35.8 Å². The van der Waals surface area contributed by atoms with E-state index < -0.39 is 5.41 Å². The molecule has 2 rings (SSSR count). The molecule has 0 saturated heterocycles. The van der Waals surface area contributed by atoms with Gasteiger partial charge in [-0.2, -0.15) is 0 Å². The fourth-order valence-corrected chi connectivity index (χ4v) is 2.62. The maximum absolute atomic E-state index is 12.1. The fraction of sp³-hybridized carbons (Fsp3) is 0.619. The zero-order chi connectivity index (χ0) is 19.9. The molecule has 0 spiro atoms. The van der Waals surface area contributed by atoms with Gasteiger partial charge in [0, 0.05) is 32.2 Å². The van der Waals surface area contributed by atoms with Crippen molar-refractivity contribution < 1.29 is 9.53 Å². The first-order valence-corrected chi connectivity index (χ1v) is 9.81. The number of hydrogen-bond donors (Lipinski definition) is 3. The topological polar surface area (TPSA) is 74.8 Å². The van der Waals surface area contributed by atoms with Crippen LogP contribution in [0.15, 0.2) is 23.2 Å². The molecule has 7 heteroatoms. The standard InChI is InChI=1S/C21H34N4O2.HI/c1-6-23-19(26)21(3,4)14-25-20(22-5)24-12-17-10-7-15(2)11-18(17)27-13-16-8-9-16;/h7,10-11,16H,6,8-9,12-14H2,1-5H3,(H,23,26)(H2,22,24,25);1H. The summed E-state index contributed by atoms with van der Waals surface area (Å²) in [6.45, 7) is 10.4. The van der Waals surface area contributed by atoms with Crippen molar-refractivity contribution in [2.24, 2.45) is 16.3 Å². The monoisotopic (exact) mass is 502 g/mol. The average Bonchev–Trinajstić information content (AvgIpc) is 3.46. The minimum absolute atomic E-state index is 0. The number of aliphatic imine (C=N–C) groups is 1. The molecule has 0 radical (unpaired) electrons. The van der Waals surface area contributed by atoms with Crippen LogP contribution < -0.4 is 20.7 Å². The van der Waals surface area contributed by atoms with Gasteiger partial charge in [0.15, 0.2) is 5.96 Å². The number of carbonyl (C=O) groups excluding carboxylic acids is 1. The number of rotatable bonds is 9. The van der Waals surface area contributed by atoms with Crippen LogP contribution in [0.2, 0.25) is 0 Å². The first kappa shape index (κ1) is 24.5. The van der Waals surface area contributed by atoms with Gasteiger partial charge in [-0.25, -0.2) is 0 Å². The van der Waals surface area contributed by atoms with E-state index in [0.29, 0.717) is 25.6 Å². The molecule has 1 aliphatic carbocycles. The summed E-state index contributed by atoms with van der Waals surface area (Å²) in [6.07, 6.45) is 2.55.